The van der Waals surface area contributed by atoms with Gasteiger partial charge in [0, 0.05) is 10.2 Å². The number of para-hydroxylation sites is 3. The van der Waals surface area contributed by atoms with Gasteiger partial charge in [0.05, 0.1) is 17.8 Å². The van der Waals surface area contributed by atoms with E-state index in [0.717, 1.165) is 26.9 Å². The normalized spacial score (nSPS) is 10.5. The fraction of sp³-hybridized carbons (Fsp3) is 0.133. The predicted octanol–water partition coefficient (Wildman–Crippen LogP) is 6.93. The number of nitrogens with zero attached hydrogens (tertiary/aromatic N) is 1. The number of hydrogen-bond acceptors (Lipinski definition) is 3. The molecular weight excluding hydrogens is 516 g/mol. The van der Waals surface area contributed by atoms with Gasteiger partial charge in [-0.25, -0.2) is 0 Å². The Hall–Kier alpha value is -3.90. The van der Waals surface area contributed by atoms with Crippen LogP contribution in [0.25, 0.3) is 0 Å². The van der Waals surface area contributed by atoms with Crippen LogP contribution in [-0.2, 0) is 11.3 Å². The Morgan fingerprint density at radius 1 is 0.806 bits per heavy atom. The molecule has 4 aromatic carbocycles. The van der Waals surface area contributed by atoms with Gasteiger partial charge in [-0.05, 0) is 66.9 Å². The van der Waals surface area contributed by atoms with E-state index in [1.807, 2.05) is 92.7 Å². The zero-order chi connectivity index (χ0) is 25.5. The average Bonchev–Trinajstić information content (AvgIpc) is 2.89. The number of rotatable bonds is 8. The first-order valence-corrected chi connectivity index (χ1v) is 12.4. The summed E-state index contributed by atoms with van der Waals surface area (Å²) in [4.78, 5) is 28.5. The molecule has 2 amide bonds. The van der Waals surface area contributed by atoms with E-state index in [0.29, 0.717) is 17.0 Å². The Balaban J connectivity index is 1.65. The van der Waals surface area contributed by atoms with Crippen molar-refractivity contribution in [2.24, 2.45) is 0 Å². The van der Waals surface area contributed by atoms with Crippen LogP contribution in [-0.4, -0.2) is 18.4 Å². The number of amides is 2. The van der Waals surface area contributed by atoms with E-state index < -0.39 is 0 Å². The minimum Gasteiger partial charge on any atom is -0.483 e. The summed E-state index contributed by atoms with van der Waals surface area (Å²) in [5, 5.41) is 2.98. The van der Waals surface area contributed by atoms with Crippen molar-refractivity contribution in [1.29, 1.82) is 0 Å². The van der Waals surface area contributed by atoms with Crippen molar-refractivity contribution in [3.63, 3.8) is 0 Å². The van der Waals surface area contributed by atoms with Gasteiger partial charge in [-0.3, -0.25) is 9.59 Å². The molecule has 0 aliphatic carbocycles. The smallest absolute Gasteiger partial charge is 0.265 e. The highest BCUT2D eigenvalue weighted by Crippen LogP contribution is 2.26. The van der Waals surface area contributed by atoms with E-state index >= 15 is 0 Å². The molecule has 182 valence electrons. The van der Waals surface area contributed by atoms with Crippen LogP contribution in [0.5, 0.6) is 5.75 Å². The molecule has 5 nitrogen and oxygen atoms in total. The molecule has 6 heteroatoms. The molecule has 0 bridgehead atoms. The number of aryl methyl sites for hydroxylation is 2. The first-order valence-electron chi connectivity index (χ1n) is 11.6. The van der Waals surface area contributed by atoms with E-state index in [2.05, 4.69) is 21.2 Å². The van der Waals surface area contributed by atoms with Gasteiger partial charge < -0.3 is 15.0 Å². The molecule has 36 heavy (non-hydrogen) atoms. The Labute approximate surface area is 219 Å². The van der Waals surface area contributed by atoms with Gasteiger partial charge in [-0.15, -0.1) is 0 Å². The molecule has 0 fully saturated rings. The van der Waals surface area contributed by atoms with Crippen molar-refractivity contribution >= 4 is 39.1 Å². The van der Waals surface area contributed by atoms with Crippen LogP contribution in [0.3, 0.4) is 0 Å². The van der Waals surface area contributed by atoms with Crippen LogP contribution in [0.1, 0.15) is 27.0 Å². The standard InChI is InChI=1S/C30H27BrN2O3/c1-21-9-3-6-12-26(21)32-30(35)25-11-5-7-13-27(25)33(19-23-15-17-24(31)18-16-23)29(34)20-36-28-14-8-4-10-22(28)2/h3-18H,19-20H2,1-2H3,(H,32,35). The van der Waals surface area contributed by atoms with Crippen molar-refractivity contribution in [1.82, 2.24) is 0 Å². The monoisotopic (exact) mass is 542 g/mol. The van der Waals surface area contributed by atoms with Crippen LogP contribution in [0.2, 0.25) is 0 Å². The lowest BCUT2D eigenvalue weighted by molar-refractivity contribution is -0.120. The molecule has 4 aromatic rings. The molecule has 0 radical (unpaired) electrons. The lowest BCUT2D eigenvalue weighted by atomic mass is 10.1. The Bertz CT molecular complexity index is 1370. The molecule has 0 saturated heterocycles. The lowest BCUT2D eigenvalue weighted by Crippen LogP contribution is -2.36. The van der Waals surface area contributed by atoms with Crippen molar-refractivity contribution < 1.29 is 14.3 Å². The quantitative estimate of drug-likeness (QED) is 0.262. The van der Waals surface area contributed by atoms with Crippen LogP contribution in [0, 0.1) is 13.8 Å². The summed E-state index contributed by atoms with van der Waals surface area (Å²) in [7, 11) is 0. The summed E-state index contributed by atoms with van der Waals surface area (Å²) in [5.41, 5.74) is 4.48. The molecule has 0 aromatic heterocycles. The number of benzene rings is 4. The maximum atomic E-state index is 13.5. The minimum atomic E-state index is -0.284. The van der Waals surface area contributed by atoms with E-state index in [9.17, 15) is 9.59 Å². The predicted molar refractivity (Wildman–Crippen MR) is 148 cm³/mol. The van der Waals surface area contributed by atoms with Gasteiger partial charge in [-0.2, -0.15) is 0 Å². The average molecular weight is 543 g/mol. The van der Waals surface area contributed by atoms with Gasteiger partial charge >= 0.3 is 0 Å². The van der Waals surface area contributed by atoms with Crippen LogP contribution >= 0.6 is 15.9 Å². The van der Waals surface area contributed by atoms with Gasteiger partial charge in [0.25, 0.3) is 11.8 Å². The zero-order valence-electron chi connectivity index (χ0n) is 20.2. The molecular formula is C30H27BrN2O3. The fourth-order valence-electron chi connectivity index (χ4n) is 3.82. The molecule has 0 heterocycles. The molecule has 0 spiro atoms. The topological polar surface area (TPSA) is 58.6 Å². The second-order valence-corrected chi connectivity index (χ2v) is 9.36. The highest BCUT2D eigenvalue weighted by Gasteiger charge is 2.23. The highest BCUT2D eigenvalue weighted by atomic mass is 79.9. The Kier molecular flexibility index (Phi) is 8.18. The number of carbonyl (C=O) groups excluding carboxylic acids is 2. The first kappa shape index (κ1) is 25.2. The summed E-state index contributed by atoms with van der Waals surface area (Å²) in [6.07, 6.45) is 0. The number of halogens is 1. The zero-order valence-corrected chi connectivity index (χ0v) is 21.8. The summed E-state index contributed by atoms with van der Waals surface area (Å²) < 4.78 is 6.82. The van der Waals surface area contributed by atoms with E-state index in [1.54, 1.807) is 23.1 Å². The van der Waals surface area contributed by atoms with Crippen LogP contribution < -0.4 is 15.0 Å². The SMILES string of the molecule is Cc1ccccc1NC(=O)c1ccccc1N(Cc1ccc(Br)cc1)C(=O)COc1ccccc1C. The second kappa shape index (κ2) is 11.7. The van der Waals surface area contributed by atoms with Crippen molar-refractivity contribution in [2.45, 2.75) is 20.4 Å². The molecule has 1 N–H and O–H groups in total. The van der Waals surface area contributed by atoms with E-state index in [-0.39, 0.29) is 25.0 Å². The van der Waals surface area contributed by atoms with Crippen molar-refractivity contribution in [3.05, 3.63) is 124 Å². The molecule has 4 rings (SSSR count). The molecule has 0 atom stereocenters. The van der Waals surface area contributed by atoms with Crippen molar-refractivity contribution in [2.75, 3.05) is 16.8 Å². The number of nitrogens with one attached hydrogen (secondary N) is 1. The Morgan fingerprint density at radius 2 is 1.44 bits per heavy atom. The summed E-state index contributed by atoms with van der Waals surface area (Å²) >= 11 is 3.46. The largest absolute Gasteiger partial charge is 0.483 e. The van der Waals surface area contributed by atoms with Crippen molar-refractivity contribution in [3.8, 4) is 5.75 Å². The maximum absolute atomic E-state index is 13.5. The molecule has 0 unspecified atom stereocenters. The van der Waals surface area contributed by atoms with Gasteiger partial charge in [0.2, 0.25) is 0 Å². The number of carbonyl (C=O) groups is 2. The van der Waals surface area contributed by atoms with Gasteiger partial charge in [-0.1, -0.05) is 76.6 Å². The third kappa shape index (κ3) is 6.20. The highest BCUT2D eigenvalue weighted by molar-refractivity contribution is 9.10. The van der Waals surface area contributed by atoms with E-state index in [4.69, 9.17) is 4.74 Å². The van der Waals surface area contributed by atoms with Crippen LogP contribution in [0.4, 0.5) is 11.4 Å². The number of ether oxygens (including phenoxy) is 1. The van der Waals surface area contributed by atoms with Gasteiger partial charge in [0.1, 0.15) is 5.75 Å². The van der Waals surface area contributed by atoms with Crippen LogP contribution in [0.15, 0.2) is 102 Å². The first-order chi connectivity index (χ1) is 17.4. The third-order valence-electron chi connectivity index (χ3n) is 5.83. The summed E-state index contributed by atoms with van der Waals surface area (Å²) in [6, 6.07) is 30.1. The number of hydrogen-bond donors (Lipinski definition) is 1. The maximum Gasteiger partial charge on any atom is 0.265 e. The lowest BCUT2D eigenvalue weighted by Gasteiger charge is -2.25. The fourth-order valence-corrected chi connectivity index (χ4v) is 4.08. The third-order valence-corrected chi connectivity index (χ3v) is 6.36. The number of anilines is 2. The van der Waals surface area contributed by atoms with E-state index in [1.165, 1.54) is 0 Å². The summed E-state index contributed by atoms with van der Waals surface area (Å²) in [6.45, 7) is 4.01. The molecule has 0 aliphatic heterocycles. The Morgan fingerprint density at radius 3 is 2.17 bits per heavy atom. The summed E-state index contributed by atoms with van der Waals surface area (Å²) in [5.74, 6) is 0.116. The van der Waals surface area contributed by atoms with Gasteiger partial charge in [0.15, 0.2) is 6.61 Å². The minimum absolute atomic E-state index is 0.158. The second-order valence-electron chi connectivity index (χ2n) is 8.45. The molecule has 0 saturated carbocycles. The molecule has 0 aliphatic rings.